The minimum Gasteiger partial charge on any atom is -0.496 e. The van der Waals surface area contributed by atoms with Gasteiger partial charge in [0.05, 0.1) is 25.9 Å². The normalized spacial score (nSPS) is 13.0. The summed E-state index contributed by atoms with van der Waals surface area (Å²) in [4.78, 5) is 2.11. The van der Waals surface area contributed by atoms with Crippen LogP contribution in [0.5, 0.6) is 5.75 Å². The van der Waals surface area contributed by atoms with Gasteiger partial charge in [0.15, 0.2) is 0 Å². The average Bonchev–Trinajstić information content (AvgIpc) is 2.35. The second-order valence-electron chi connectivity index (χ2n) is 6.00. The Morgan fingerprint density at radius 2 is 1.76 bits per heavy atom. The van der Waals surface area contributed by atoms with Gasteiger partial charge in [0.1, 0.15) is 5.75 Å². The standard InChI is InChI=1S/C17H29NO3/c1-12(2)21-11-16(19)10-18(5)9-15-7-13(3)17(20-6)14(4)8-15/h7-8,12,16,19H,9-11H2,1-6H3. The number of benzene rings is 1. The minimum atomic E-state index is -0.460. The summed E-state index contributed by atoms with van der Waals surface area (Å²) < 4.78 is 10.8. The smallest absolute Gasteiger partial charge is 0.124 e. The molecule has 4 heteroatoms. The van der Waals surface area contributed by atoms with E-state index in [1.54, 1.807) is 7.11 Å². The van der Waals surface area contributed by atoms with Crippen molar-refractivity contribution in [3.05, 3.63) is 28.8 Å². The topological polar surface area (TPSA) is 41.9 Å². The Labute approximate surface area is 128 Å². The molecule has 1 aromatic carbocycles. The summed E-state index contributed by atoms with van der Waals surface area (Å²) in [6.07, 6.45) is -0.310. The van der Waals surface area contributed by atoms with Gasteiger partial charge in [-0.15, -0.1) is 0 Å². The zero-order valence-corrected chi connectivity index (χ0v) is 14.1. The van der Waals surface area contributed by atoms with Crippen LogP contribution in [0.2, 0.25) is 0 Å². The first-order valence-electron chi connectivity index (χ1n) is 7.45. The van der Waals surface area contributed by atoms with E-state index in [2.05, 4.69) is 30.9 Å². The van der Waals surface area contributed by atoms with E-state index >= 15 is 0 Å². The van der Waals surface area contributed by atoms with Crippen LogP contribution in [0.4, 0.5) is 0 Å². The van der Waals surface area contributed by atoms with Crippen LogP contribution in [-0.4, -0.2) is 49.5 Å². The maximum absolute atomic E-state index is 9.95. The SMILES string of the molecule is COc1c(C)cc(CN(C)CC(O)COC(C)C)cc1C. The molecular formula is C17H29NO3. The zero-order valence-electron chi connectivity index (χ0n) is 14.1. The van der Waals surface area contributed by atoms with E-state index in [0.717, 1.165) is 23.4 Å². The first-order valence-corrected chi connectivity index (χ1v) is 7.45. The Balaban J connectivity index is 2.57. The molecule has 0 amide bonds. The highest BCUT2D eigenvalue weighted by atomic mass is 16.5. The van der Waals surface area contributed by atoms with Gasteiger partial charge >= 0.3 is 0 Å². The Morgan fingerprint density at radius 3 is 2.24 bits per heavy atom. The van der Waals surface area contributed by atoms with Gasteiger partial charge in [0, 0.05) is 13.1 Å². The molecule has 120 valence electrons. The lowest BCUT2D eigenvalue weighted by Gasteiger charge is -2.22. The summed E-state index contributed by atoms with van der Waals surface area (Å²) in [5.74, 6) is 0.951. The number of methoxy groups -OCH3 is 1. The molecule has 0 bridgehead atoms. The maximum atomic E-state index is 9.95. The van der Waals surface area contributed by atoms with E-state index < -0.39 is 6.10 Å². The van der Waals surface area contributed by atoms with Crippen LogP contribution in [0.15, 0.2) is 12.1 Å². The molecule has 0 aliphatic carbocycles. The van der Waals surface area contributed by atoms with E-state index in [1.807, 2.05) is 20.9 Å². The van der Waals surface area contributed by atoms with Crippen LogP contribution in [0.1, 0.15) is 30.5 Å². The van der Waals surface area contributed by atoms with Crippen molar-refractivity contribution in [2.24, 2.45) is 0 Å². The summed E-state index contributed by atoms with van der Waals surface area (Å²) in [5, 5.41) is 9.95. The number of ether oxygens (including phenoxy) is 2. The van der Waals surface area contributed by atoms with Crippen molar-refractivity contribution in [2.45, 2.75) is 46.4 Å². The fourth-order valence-electron chi connectivity index (χ4n) is 2.55. The van der Waals surface area contributed by atoms with Crippen molar-refractivity contribution in [1.82, 2.24) is 4.90 Å². The van der Waals surface area contributed by atoms with Gasteiger partial charge in [-0.25, -0.2) is 0 Å². The fraction of sp³-hybridized carbons (Fsp3) is 0.647. The summed E-state index contributed by atoms with van der Waals surface area (Å²) in [6.45, 7) is 9.82. The van der Waals surface area contributed by atoms with E-state index in [9.17, 15) is 5.11 Å². The third-order valence-corrected chi connectivity index (χ3v) is 3.32. The molecule has 1 atom stereocenters. The van der Waals surface area contributed by atoms with Crippen LogP contribution in [0, 0.1) is 13.8 Å². The lowest BCUT2D eigenvalue weighted by molar-refractivity contribution is -0.00635. The first kappa shape index (κ1) is 18.0. The molecule has 0 saturated carbocycles. The summed E-state index contributed by atoms with van der Waals surface area (Å²) in [7, 11) is 3.71. The molecule has 0 heterocycles. The Hall–Kier alpha value is -1.10. The lowest BCUT2D eigenvalue weighted by atomic mass is 10.1. The van der Waals surface area contributed by atoms with Crippen LogP contribution >= 0.6 is 0 Å². The molecule has 0 aliphatic heterocycles. The largest absolute Gasteiger partial charge is 0.496 e. The van der Waals surface area contributed by atoms with Crippen LogP contribution < -0.4 is 4.74 Å². The molecular weight excluding hydrogens is 266 g/mol. The quantitative estimate of drug-likeness (QED) is 0.800. The number of hydrogen-bond donors (Lipinski definition) is 1. The molecule has 1 unspecified atom stereocenters. The van der Waals surface area contributed by atoms with Crippen molar-refractivity contribution in [2.75, 3.05) is 27.3 Å². The van der Waals surface area contributed by atoms with Gasteiger partial charge in [-0.3, -0.25) is 4.90 Å². The molecule has 1 rings (SSSR count). The van der Waals surface area contributed by atoms with Gasteiger partial charge in [-0.2, -0.15) is 0 Å². The molecule has 4 nitrogen and oxygen atoms in total. The lowest BCUT2D eigenvalue weighted by Crippen LogP contribution is -2.32. The van der Waals surface area contributed by atoms with Gasteiger partial charge in [0.25, 0.3) is 0 Å². The maximum Gasteiger partial charge on any atom is 0.124 e. The van der Waals surface area contributed by atoms with Gasteiger partial charge in [0.2, 0.25) is 0 Å². The number of aliphatic hydroxyl groups excluding tert-OH is 1. The number of rotatable bonds is 8. The predicted molar refractivity (Wildman–Crippen MR) is 85.9 cm³/mol. The number of hydrogen-bond acceptors (Lipinski definition) is 4. The zero-order chi connectivity index (χ0) is 16.0. The summed E-state index contributed by atoms with van der Waals surface area (Å²) >= 11 is 0. The van der Waals surface area contributed by atoms with Gasteiger partial charge < -0.3 is 14.6 Å². The second kappa shape index (κ2) is 8.37. The van der Waals surface area contributed by atoms with Crippen molar-refractivity contribution in [3.8, 4) is 5.75 Å². The number of nitrogens with zero attached hydrogens (tertiary/aromatic N) is 1. The van der Waals surface area contributed by atoms with Gasteiger partial charge in [-0.05, 0) is 51.4 Å². The second-order valence-corrected chi connectivity index (χ2v) is 6.00. The van der Waals surface area contributed by atoms with Crippen LogP contribution in [0.3, 0.4) is 0 Å². The highest BCUT2D eigenvalue weighted by molar-refractivity contribution is 5.43. The predicted octanol–water partition coefficient (Wildman–Crippen LogP) is 2.53. The molecule has 0 radical (unpaired) electrons. The van der Waals surface area contributed by atoms with Crippen LogP contribution in [-0.2, 0) is 11.3 Å². The van der Waals surface area contributed by atoms with Crippen molar-refractivity contribution in [3.63, 3.8) is 0 Å². The molecule has 0 aromatic heterocycles. The molecule has 21 heavy (non-hydrogen) atoms. The first-order chi connectivity index (χ1) is 9.83. The van der Waals surface area contributed by atoms with Gasteiger partial charge in [-0.1, -0.05) is 12.1 Å². The highest BCUT2D eigenvalue weighted by Gasteiger charge is 2.11. The third-order valence-electron chi connectivity index (χ3n) is 3.32. The fourth-order valence-corrected chi connectivity index (χ4v) is 2.55. The Kier molecular flexibility index (Phi) is 7.15. The average molecular weight is 295 g/mol. The number of aryl methyl sites for hydroxylation is 2. The molecule has 0 spiro atoms. The van der Waals surface area contributed by atoms with E-state index in [4.69, 9.17) is 9.47 Å². The van der Waals surface area contributed by atoms with E-state index in [0.29, 0.717) is 13.2 Å². The van der Waals surface area contributed by atoms with Crippen LogP contribution in [0.25, 0.3) is 0 Å². The number of aliphatic hydroxyl groups is 1. The van der Waals surface area contributed by atoms with Crippen molar-refractivity contribution >= 4 is 0 Å². The van der Waals surface area contributed by atoms with Crippen molar-refractivity contribution < 1.29 is 14.6 Å². The molecule has 0 fully saturated rings. The Morgan fingerprint density at radius 1 is 1.19 bits per heavy atom. The molecule has 0 saturated heterocycles. The third kappa shape index (κ3) is 6.04. The summed E-state index contributed by atoms with van der Waals surface area (Å²) in [6, 6.07) is 4.28. The molecule has 0 aliphatic rings. The molecule has 1 aromatic rings. The Bertz CT molecular complexity index is 423. The minimum absolute atomic E-state index is 0.150. The monoisotopic (exact) mass is 295 g/mol. The van der Waals surface area contributed by atoms with E-state index in [1.165, 1.54) is 5.56 Å². The highest BCUT2D eigenvalue weighted by Crippen LogP contribution is 2.24. The van der Waals surface area contributed by atoms with E-state index in [-0.39, 0.29) is 6.10 Å². The van der Waals surface area contributed by atoms with Crippen molar-refractivity contribution in [1.29, 1.82) is 0 Å². The summed E-state index contributed by atoms with van der Waals surface area (Å²) in [5.41, 5.74) is 3.51. The number of likely N-dealkylation sites (N-methyl/N-ethyl adjacent to an activating group) is 1. The molecule has 1 N–H and O–H groups in total.